The van der Waals surface area contributed by atoms with Crippen LogP contribution in [-0.2, 0) is 13.0 Å². The van der Waals surface area contributed by atoms with Gasteiger partial charge in [0.05, 0.1) is 23.4 Å². The minimum Gasteiger partial charge on any atom is -0.497 e. The maximum Gasteiger partial charge on any atom is 0.271 e. The van der Waals surface area contributed by atoms with E-state index in [0.29, 0.717) is 15.9 Å². The average molecular weight is 601 g/mol. The SMILES string of the molecule is COc1ccc([C@@H]2C3=C(N=c4s/c(=C/c5ccc(OCc6ccc7c(c6)OCO7)cc5)c(=O)n42)c2ccccc2CC3)cc1. The molecular formula is C36H28N2O5S. The molecule has 0 fully saturated rings. The van der Waals surface area contributed by atoms with Gasteiger partial charge in [-0.1, -0.05) is 65.9 Å². The first-order valence-electron chi connectivity index (χ1n) is 14.5. The molecule has 44 heavy (non-hydrogen) atoms. The van der Waals surface area contributed by atoms with Crippen molar-refractivity contribution >= 4 is 23.1 Å². The first-order valence-corrected chi connectivity index (χ1v) is 15.3. The first kappa shape index (κ1) is 26.5. The van der Waals surface area contributed by atoms with Crippen molar-refractivity contribution in [1.82, 2.24) is 4.57 Å². The number of aryl methyl sites for hydroxylation is 1. The molecule has 0 spiro atoms. The summed E-state index contributed by atoms with van der Waals surface area (Å²) in [5.74, 6) is 3.02. The summed E-state index contributed by atoms with van der Waals surface area (Å²) < 4.78 is 24.8. The second kappa shape index (κ2) is 10.9. The summed E-state index contributed by atoms with van der Waals surface area (Å²) in [6.45, 7) is 0.658. The zero-order valence-electron chi connectivity index (χ0n) is 24.0. The summed E-state index contributed by atoms with van der Waals surface area (Å²) in [5.41, 5.74) is 7.54. The third kappa shape index (κ3) is 4.68. The number of nitrogens with zero attached hydrogens (tertiary/aromatic N) is 2. The Balaban J connectivity index is 1.13. The highest BCUT2D eigenvalue weighted by atomic mass is 32.1. The molecule has 5 aromatic rings. The largest absolute Gasteiger partial charge is 0.497 e. The van der Waals surface area contributed by atoms with Crippen LogP contribution >= 0.6 is 11.3 Å². The maximum absolute atomic E-state index is 14.0. The van der Waals surface area contributed by atoms with Crippen molar-refractivity contribution < 1.29 is 18.9 Å². The van der Waals surface area contributed by atoms with Crippen LogP contribution in [0.5, 0.6) is 23.0 Å². The van der Waals surface area contributed by atoms with Gasteiger partial charge < -0.3 is 18.9 Å². The van der Waals surface area contributed by atoms with Crippen LogP contribution in [0.15, 0.2) is 106 Å². The minimum absolute atomic E-state index is 0.0388. The highest BCUT2D eigenvalue weighted by Gasteiger charge is 2.32. The number of hydrogen-bond acceptors (Lipinski definition) is 7. The molecule has 4 aromatic carbocycles. The van der Waals surface area contributed by atoms with E-state index >= 15 is 0 Å². The molecular weight excluding hydrogens is 572 g/mol. The van der Waals surface area contributed by atoms with Crippen LogP contribution in [0.25, 0.3) is 11.8 Å². The molecule has 1 atom stereocenters. The van der Waals surface area contributed by atoms with Gasteiger partial charge in [0.1, 0.15) is 18.1 Å². The smallest absolute Gasteiger partial charge is 0.271 e. The normalized spacial score (nSPS) is 16.6. The third-order valence-electron chi connectivity index (χ3n) is 8.32. The zero-order valence-corrected chi connectivity index (χ0v) is 24.8. The molecule has 3 heterocycles. The number of aromatic nitrogens is 1. The lowest BCUT2D eigenvalue weighted by Crippen LogP contribution is -2.38. The summed E-state index contributed by atoms with van der Waals surface area (Å²) >= 11 is 1.43. The number of rotatable bonds is 6. The van der Waals surface area contributed by atoms with E-state index in [0.717, 1.165) is 63.8 Å². The molecule has 7 nitrogen and oxygen atoms in total. The van der Waals surface area contributed by atoms with Gasteiger partial charge in [-0.15, -0.1) is 0 Å². The van der Waals surface area contributed by atoms with Gasteiger partial charge in [-0.05, 0) is 83.1 Å². The van der Waals surface area contributed by atoms with Crippen molar-refractivity contribution in [3.8, 4) is 23.0 Å². The van der Waals surface area contributed by atoms with Crippen molar-refractivity contribution in [2.45, 2.75) is 25.5 Å². The summed E-state index contributed by atoms with van der Waals surface area (Å²) in [5, 5.41) is 0. The molecule has 0 saturated carbocycles. The lowest BCUT2D eigenvalue weighted by atomic mass is 9.83. The first-order chi connectivity index (χ1) is 21.6. The average Bonchev–Trinajstić information content (AvgIpc) is 3.67. The van der Waals surface area contributed by atoms with Gasteiger partial charge in [0.2, 0.25) is 6.79 Å². The molecule has 1 aliphatic carbocycles. The monoisotopic (exact) mass is 600 g/mol. The molecule has 3 aliphatic rings. The lowest BCUT2D eigenvalue weighted by molar-refractivity contribution is 0.174. The van der Waals surface area contributed by atoms with Crippen LogP contribution in [0.4, 0.5) is 0 Å². The predicted molar refractivity (Wildman–Crippen MR) is 169 cm³/mol. The lowest BCUT2D eigenvalue weighted by Gasteiger charge is -2.30. The molecule has 1 aromatic heterocycles. The number of fused-ring (bicyclic) bond motifs is 4. The predicted octanol–water partition coefficient (Wildman–Crippen LogP) is 5.64. The number of thiazole rings is 1. The molecule has 0 bridgehead atoms. The number of benzene rings is 4. The number of allylic oxidation sites excluding steroid dienone is 1. The Kier molecular flexibility index (Phi) is 6.56. The highest BCUT2D eigenvalue weighted by molar-refractivity contribution is 7.07. The van der Waals surface area contributed by atoms with E-state index in [9.17, 15) is 4.79 Å². The Labute approximate surface area is 257 Å². The number of hydrogen-bond donors (Lipinski definition) is 0. The van der Waals surface area contributed by atoms with Crippen molar-refractivity contribution in [3.05, 3.63) is 144 Å². The molecule has 0 amide bonds. The zero-order chi connectivity index (χ0) is 29.6. The van der Waals surface area contributed by atoms with E-state index in [4.69, 9.17) is 23.9 Å². The molecule has 2 aliphatic heterocycles. The molecule has 8 rings (SSSR count). The van der Waals surface area contributed by atoms with Crippen molar-refractivity contribution in [3.63, 3.8) is 0 Å². The summed E-state index contributed by atoms with van der Waals surface area (Å²) in [6.07, 6.45) is 3.71. The fourth-order valence-electron chi connectivity index (χ4n) is 6.12. The highest BCUT2D eigenvalue weighted by Crippen LogP contribution is 2.41. The minimum atomic E-state index is -0.227. The Hall–Kier alpha value is -5.08. The van der Waals surface area contributed by atoms with E-state index in [2.05, 4.69) is 36.4 Å². The summed E-state index contributed by atoms with van der Waals surface area (Å²) in [4.78, 5) is 19.9. The molecule has 0 unspecified atom stereocenters. The van der Waals surface area contributed by atoms with Gasteiger partial charge in [0.15, 0.2) is 16.3 Å². The number of methoxy groups -OCH3 is 1. The quantitative estimate of drug-likeness (QED) is 0.253. The molecule has 218 valence electrons. The standard InChI is InChI=1S/C36H28N2O5S/c1-40-26-14-9-25(10-15-26)34-29-16-11-24-4-2-3-5-28(24)33(29)37-36-38(34)35(39)32(44-36)19-22-6-12-27(13-7-22)41-20-23-8-17-30-31(18-23)43-21-42-30/h2-10,12-15,17-19,34H,11,16,20-21H2,1H3/b32-19+/t34-/m1/s1. The van der Waals surface area contributed by atoms with E-state index in [-0.39, 0.29) is 18.4 Å². The van der Waals surface area contributed by atoms with Gasteiger partial charge >= 0.3 is 0 Å². The van der Waals surface area contributed by atoms with Crippen molar-refractivity contribution in [2.75, 3.05) is 13.9 Å². The fraction of sp³-hybridized carbons (Fsp3) is 0.167. The van der Waals surface area contributed by atoms with Gasteiger partial charge in [-0.3, -0.25) is 9.36 Å². The van der Waals surface area contributed by atoms with Gasteiger partial charge in [0.25, 0.3) is 5.56 Å². The van der Waals surface area contributed by atoms with Gasteiger partial charge in [-0.2, -0.15) is 0 Å². The second-order valence-electron chi connectivity index (χ2n) is 10.9. The summed E-state index contributed by atoms with van der Waals surface area (Å²) in [6, 6.07) is 29.8. The van der Waals surface area contributed by atoms with Crippen LogP contribution < -0.4 is 33.8 Å². The molecule has 8 heteroatoms. The van der Waals surface area contributed by atoms with Crippen LogP contribution in [0.2, 0.25) is 0 Å². The number of ether oxygens (including phenoxy) is 4. The second-order valence-corrected chi connectivity index (χ2v) is 11.9. The van der Waals surface area contributed by atoms with Crippen molar-refractivity contribution in [1.29, 1.82) is 0 Å². The molecule has 0 N–H and O–H groups in total. The van der Waals surface area contributed by atoms with Crippen LogP contribution in [0, 0.1) is 0 Å². The Morgan fingerprint density at radius 3 is 2.57 bits per heavy atom. The Bertz CT molecular complexity index is 2110. The Morgan fingerprint density at radius 2 is 1.73 bits per heavy atom. The van der Waals surface area contributed by atoms with Gasteiger partial charge in [0, 0.05) is 5.56 Å². The van der Waals surface area contributed by atoms with Crippen molar-refractivity contribution in [2.24, 2.45) is 4.99 Å². The van der Waals surface area contributed by atoms with E-state index in [1.807, 2.05) is 65.2 Å². The summed E-state index contributed by atoms with van der Waals surface area (Å²) in [7, 11) is 1.66. The van der Waals surface area contributed by atoms with Crippen LogP contribution in [0.1, 0.15) is 40.3 Å². The molecule has 0 saturated heterocycles. The fourth-order valence-corrected chi connectivity index (χ4v) is 7.12. The van der Waals surface area contributed by atoms with Crippen LogP contribution in [-0.4, -0.2) is 18.5 Å². The topological polar surface area (TPSA) is 71.3 Å². The molecule has 0 radical (unpaired) electrons. The third-order valence-corrected chi connectivity index (χ3v) is 9.31. The van der Waals surface area contributed by atoms with E-state index < -0.39 is 0 Å². The van der Waals surface area contributed by atoms with Crippen LogP contribution in [0.3, 0.4) is 0 Å². The van der Waals surface area contributed by atoms with E-state index in [1.54, 1.807) is 7.11 Å². The Morgan fingerprint density at radius 1 is 0.932 bits per heavy atom. The van der Waals surface area contributed by atoms with E-state index in [1.165, 1.54) is 22.5 Å². The maximum atomic E-state index is 14.0. The van der Waals surface area contributed by atoms with Gasteiger partial charge in [-0.25, -0.2) is 4.99 Å².